The molecule has 2 heteroatoms. The highest BCUT2D eigenvalue weighted by molar-refractivity contribution is 4.74. The van der Waals surface area contributed by atoms with E-state index in [1.54, 1.807) is 0 Å². The first-order chi connectivity index (χ1) is 6.46. The average molecular weight is 202 g/mol. The van der Waals surface area contributed by atoms with Crippen molar-refractivity contribution in [1.82, 2.24) is 0 Å². The second kappa shape index (κ2) is 6.41. The Morgan fingerprint density at radius 1 is 1.21 bits per heavy atom. The summed E-state index contributed by atoms with van der Waals surface area (Å²) in [6, 6.07) is 0. The molecular formula is C12H26O2. The number of rotatable bonds is 7. The molecule has 0 fully saturated rings. The van der Waals surface area contributed by atoms with Crippen LogP contribution in [0, 0.1) is 0 Å². The summed E-state index contributed by atoms with van der Waals surface area (Å²) in [6.07, 6.45) is 3.37. The second-order valence-corrected chi connectivity index (χ2v) is 4.53. The maximum absolute atomic E-state index is 9.84. The summed E-state index contributed by atoms with van der Waals surface area (Å²) in [7, 11) is 0. The maximum atomic E-state index is 9.84. The van der Waals surface area contributed by atoms with Crippen LogP contribution in [0.15, 0.2) is 0 Å². The van der Waals surface area contributed by atoms with Crippen LogP contribution in [-0.4, -0.2) is 22.9 Å². The van der Waals surface area contributed by atoms with Crippen molar-refractivity contribution in [3.05, 3.63) is 0 Å². The highest BCUT2D eigenvalue weighted by atomic mass is 16.5. The second-order valence-electron chi connectivity index (χ2n) is 4.53. The Morgan fingerprint density at radius 3 is 2.14 bits per heavy atom. The zero-order chi connectivity index (χ0) is 11.2. The van der Waals surface area contributed by atoms with E-state index >= 15 is 0 Å². The van der Waals surface area contributed by atoms with E-state index in [1.165, 1.54) is 0 Å². The van der Waals surface area contributed by atoms with Crippen LogP contribution in [0.2, 0.25) is 0 Å². The molecule has 2 unspecified atom stereocenters. The van der Waals surface area contributed by atoms with Gasteiger partial charge in [0.15, 0.2) is 0 Å². The normalized spacial score (nSPS) is 16.7. The molecule has 0 aliphatic rings. The molecule has 0 saturated heterocycles. The van der Waals surface area contributed by atoms with Gasteiger partial charge in [-0.3, -0.25) is 0 Å². The molecule has 1 N–H and O–H groups in total. The van der Waals surface area contributed by atoms with Crippen LogP contribution >= 0.6 is 0 Å². The van der Waals surface area contributed by atoms with Gasteiger partial charge in [-0.2, -0.15) is 0 Å². The summed E-state index contributed by atoms with van der Waals surface area (Å²) < 4.78 is 5.90. The van der Waals surface area contributed by atoms with Gasteiger partial charge in [0.05, 0.1) is 17.8 Å². The Balaban J connectivity index is 4.14. The number of hydrogen-bond acceptors (Lipinski definition) is 2. The van der Waals surface area contributed by atoms with E-state index in [2.05, 4.69) is 34.6 Å². The summed E-state index contributed by atoms with van der Waals surface area (Å²) in [5.41, 5.74) is -0.116. The monoisotopic (exact) mass is 202 g/mol. The molecule has 0 aromatic heterocycles. The summed E-state index contributed by atoms with van der Waals surface area (Å²) in [4.78, 5) is 0. The van der Waals surface area contributed by atoms with Crippen molar-refractivity contribution in [3.63, 3.8) is 0 Å². The van der Waals surface area contributed by atoms with Crippen molar-refractivity contribution in [2.45, 2.75) is 78.1 Å². The van der Waals surface area contributed by atoms with E-state index in [9.17, 15) is 5.11 Å². The van der Waals surface area contributed by atoms with Crippen LogP contribution in [-0.2, 0) is 4.74 Å². The summed E-state index contributed by atoms with van der Waals surface area (Å²) in [5.74, 6) is 0. The third-order valence-corrected chi connectivity index (χ3v) is 2.74. The van der Waals surface area contributed by atoms with Gasteiger partial charge in [-0.1, -0.05) is 27.2 Å². The maximum Gasteiger partial charge on any atom is 0.0838 e. The fourth-order valence-electron chi connectivity index (χ4n) is 1.41. The van der Waals surface area contributed by atoms with Crippen molar-refractivity contribution in [1.29, 1.82) is 0 Å². The standard InChI is InChI=1S/C12H26O2/c1-6-9-10(13)11(7-2)14-12(4,5)8-3/h10-11,13H,6-9H2,1-5H3. The summed E-state index contributed by atoms with van der Waals surface area (Å²) in [5, 5.41) is 9.84. The Labute approximate surface area is 88.7 Å². The third kappa shape index (κ3) is 4.97. The number of ether oxygens (including phenoxy) is 1. The minimum Gasteiger partial charge on any atom is -0.390 e. The average Bonchev–Trinajstić information content (AvgIpc) is 2.14. The molecule has 86 valence electrons. The molecular weight excluding hydrogens is 176 g/mol. The van der Waals surface area contributed by atoms with E-state index < -0.39 is 0 Å². The molecule has 14 heavy (non-hydrogen) atoms. The minimum absolute atomic E-state index is 0.00935. The minimum atomic E-state index is -0.309. The molecule has 0 heterocycles. The van der Waals surface area contributed by atoms with Gasteiger partial charge in [-0.05, 0) is 33.1 Å². The van der Waals surface area contributed by atoms with E-state index in [1.807, 2.05) is 0 Å². The lowest BCUT2D eigenvalue weighted by molar-refractivity contribution is -0.122. The lowest BCUT2D eigenvalue weighted by atomic mass is 10.0. The molecule has 0 saturated carbocycles. The predicted molar refractivity (Wildman–Crippen MR) is 60.4 cm³/mol. The molecule has 0 bridgehead atoms. The summed E-state index contributed by atoms with van der Waals surface area (Å²) in [6.45, 7) is 10.4. The van der Waals surface area contributed by atoms with Crippen LogP contribution in [0.3, 0.4) is 0 Å². The zero-order valence-electron chi connectivity index (χ0n) is 10.3. The van der Waals surface area contributed by atoms with Crippen molar-refractivity contribution in [3.8, 4) is 0 Å². The first-order valence-corrected chi connectivity index (χ1v) is 5.82. The van der Waals surface area contributed by atoms with Crippen LogP contribution in [0.4, 0.5) is 0 Å². The topological polar surface area (TPSA) is 29.5 Å². The Bertz CT molecular complexity index is 143. The van der Waals surface area contributed by atoms with Crippen LogP contribution < -0.4 is 0 Å². The smallest absolute Gasteiger partial charge is 0.0838 e. The molecule has 0 rings (SSSR count). The Hall–Kier alpha value is -0.0800. The van der Waals surface area contributed by atoms with Crippen molar-refractivity contribution < 1.29 is 9.84 Å². The molecule has 0 aliphatic heterocycles. The van der Waals surface area contributed by atoms with Gasteiger partial charge in [-0.15, -0.1) is 0 Å². The van der Waals surface area contributed by atoms with Crippen LogP contribution in [0.25, 0.3) is 0 Å². The van der Waals surface area contributed by atoms with Gasteiger partial charge in [-0.25, -0.2) is 0 Å². The Kier molecular flexibility index (Phi) is 6.38. The highest BCUT2D eigenvalue weighted by Gasteiger charge is 2.25. The van der Waals surface area contributed by atoms with Crippen molar-refractivity contribution >= 4 is 0 Å². The van der Waals surface area contributed by atoms with Gasteiger partial charge < -0.3 is 9.84 Å². The Morgan fingerprint density at radius 2 is 1.79 bits per heavy atom. The fraction of sp³-hybridized carbons (Fsp3) is 1.00. The zero-order valence-corrected chi connectivity index (χ0v) is 10.3. The van der Waals surface area contributed by atoms with Gasteiger partial charge in [0.1, 0.15) is 0 Å². The van der Waals surface area contributed by atoms with E-state index in [-0.39, 0.29) is 17.8 Å². The van der Waals surface area contributed by atoms with Crippen molar-refractivity contribution in [2.75, 3.05) is 0 Å². The first kappa shape index (κ1) is 13.9. The van der Waals surface area contributed by atoms with Crippen LogP contribution in [0.1, 0.15) is 60.3 Å². The van der Waals surface area contributed by atoms with Gasteiger partial charge in [0, 0.05) is 0 Å². The fourth-order valence-corrected chi connectivity index (χ4v) is 1.41. The largest absolute Gasteiger partial charge is 0.390 e. The highest BCUT2D eigenvalue weighted by Crippen LogP contribution is 2.21. The molecule has 0 aromatic carbocycles. The molecule has 0 spiro atoms. The quantitative estimate of drug-likeness (QED) is 0.687. The van der Waals surface area contributed by atoms with E-state index in [4.69, 9.17) is 4.74 Å². The lowest BCUT2D eigenvalue weighted by Crippen LogP contribution is -2.37. The lowest BCUT2D eigenvalue weighted by Gasteiger charge is -2.32. The predicted octanol–water partition coefficient (Wildman–Crippen LogP) is 3.13. The SMILES string of the molecule is CCCC(O)C(CC)OC(C)(C)CC. The summed E-state index contributed by atoms with van der Waals surface area (Å²) >= 11 is 0. The van der Waals surface area contributed by atoms with Gasteiger partial charge in [0.25, 0.3) is 0 Å². The molecule has 0 aromatic rings. The number of aliphatic hydroxyl groups excluding tert-OH is 1. The van der Waals surface area contributed by atoms with Crippen LogP contribution in [0.5, 0.6) is 0 Å². The van der Waals surface area contributed by atoms with E-state index in [0.717, 1.165) is 25.7 Å². The third-order valence-electron chi connectivity index (χ3n) is 2.74. The van der Waals surface area contributed by atoms with Crippen molar-refractivity contribution in [2.24, 2.45) is 0 Å². The molecule has 2 atom stereocenters. The number of aliphatic hydroxyl groups is 1. The molecule has 0 radical (unpaired) electrons. The molecule has 0 amide bonds. The van der Waals surface area contributed by atoms with Gasteiger partial charge >= 0.3 is 0 Å². The molecule has 2 nitrogen and oxygen atoms in total. The van der Waals surface area contributed by atoms with E-state index in [0.29, 0.717) is 0 Å². The number of hydrogen-bond donors (Lipinski definition) is 1. The first-order valence-electron chi connectivity index (χ1n) is 5.82. The van der Waals surface area contributed by atoms with Gasteiger partial charge in [0.2, 0.25) is 0 Å². The molecule has 0 aliphatic carbocycles.